The van der Waals surface area contributed by atoms with Gasteiger partial charge in [-0.05, 0) is 78.1 Å². The van der Waals surface area contributed by atoms with Crippen molar-refractivity contribution in [2.24, 2.45) is 5.92 Å². The Morgan fingerprint density at radius 1 is 1.05 bits per heavy atom. The fraction of sp³-hybridized carbons (Fsp3) is 0.188. The number of fused-ring (bicyclic) bond motifs is 2. The maximum absolute atomic E-state index is 13.5. The molecule has 5 aromatic rings. The molecule has 1 aliphatic heterocycles. The van der Waals surface area contributed by atoms with E-state index in [0.29, 0.717) is 24.7 Å². The number of halogens is 1. The largest absolute Gasteiger partial charge is 0.336 e. The van der Waals surface area contributed by atoms with E-state index < -0.39 is 0 Å². The Kier molecular flexibility index (Phi) is 5.14. The van der Waals surface area contributed by atoms with Crippen molar-refractivity contribution in [3.05, 3.63) is 125 Å². The van der Waals surface area contributed by atoms with Gasteiger partial charge in [-0.1, -0.05) is 36.4 Å². The number of hydrogen-bond acceptors (Lipinski definition) is 4. The van der Waals surface area contributed by atoms with Crippen LogP contribution in [-0.2, 0) is 5.41 Å². The zero-order valence-electron chi connectivity index (χ0n) is 21.3. The van der Waals surface area contributed by atoms with E-state index in [4.69, 9.17) is 0 Å². The molecule has 3 atom stereocenters. The first kappa shape index (κ1) is 23.3. The maximum atomic E-state index is 13.5. The monoisotopic (exact) mass is 513 g/mol. The number of amides is 1. The number of aryl methyl sites for hydroxylation is 1. The third-order valence-corrected chi connectivity index (χ3v) is 8.39. The van der Waals surface area contributed by atoms with Gasteiger partial charge in [0.25, 0.3) is 5.91 Å². The van der Waals surface area contributed by atoms with Gasteiger partial charge in [0, 0.05) is 29.8 Å². The number of pyridine rings is 1. The number of aromatic nitrogens is 3. The number of carbonyl (C=O) groups is 1. The average molecular weight is 514 g/mol. The second kappa shape index (κ2) is 8.60. The molecule has 39 heavy (non-hydrogen) atoms. The number of hydrogen-bond donors (Lipinski definition) is 0. The maximum Gasteiger partial charge on any atom is 0.272 e. The number of likely N-dealkylation sites (tertiary alicyclic amines) is 1. The number of benzene rings is 3. The van der Waals surface area contributed by atoms with Crippen LogP contribution in [0.2, 0.25) is 0 Å². The lowest BCUT2D eigenvalue weighted by atomic mass is 9.86. The molecule has 2 aromatic heterocycles. The first-order valence-electron chi connectivity index (χ1n) is 13.0. The normalized spacial score (nSPS) is 21.5. The van der Waals surface area contributed by atoms with E-state index in [1.807, 2.05) is 27.9 Å². The second-order valence-corrected chi connectivity index (χ2v) is 10.5. The smallest absolute Gasteiger partial charge is 0.272 e. The second-order valence-electron chi connectivity index (χ2n) is 10.5. The van der Waals surface area contributed by atoms with Gasteiger partial charge in [-0.3, -0.25) is 4.79 Å². The summed E-state index contributed by atoms with van der Waals surface area (Å²) in [7, 11) is 0. The Bertz CT molecular complexity index is 1790. The van der Waals surface area contributed by atoms with E-state index in [9.17, 15) is 14.4 Å². The van der Waals surface area contributed by atoms with Gasteiger partial charge in [-0.15, -0.1) is 0 Å². The molecule has 0 radical (unpaired) electrons. The van der Waals surface area contributed by atoms with Crippen molar-refractivity contribution in [3.63, 3.8) is 0 Å². The zero-order chi connectivity index (χ0) is 26.7. The van der Waals surface area contributed by atoms with Crippen molar-refractivity contribution in [3.8, 4) is 11.8 Å². The molecular weight excluding hydrogens is 489 g/mol. The molecule has 7 heteroatoms. The van der Waals surface area contributed by atoms with Crippen LogP contribution in [0, 0.1) is 30.0 Å². The highest BCUT2D eigenvalue weighted by Gasteiger charge is 2.71. The van der Waals surface area contributed by atoms with Crippen LogP contribution in [0.1, 0.15) is 38.8 Å². The summed E-state index contributed by atoms with van der Waals surface area (Å²) in [6, 6.07) is 28.2. The summed E-state index contributed by atoms with van der Waals surface area (Å²) < 4.78 is 15.3. The SMILES string of the molecule is Cc1cc2c(cnn2-c2ccc(F)cc2)cc1[C@]12CN(C(=O)c3cccc(C#N)n3)C[C@H]1[C@@H]2c1ccccc1. The zero-order valence-corrected chi connectivity index (χ0v) is 21.3. The van der Waals surface area contributed by atoms with Crippen LogP contribution in [0.5, 0.6) is 0 Å². The van der Waals surface area contributed by atoms with Gasteiger partial charge >= 0.3 is 0 Å². The molecule has 7 rings (SSSR count). The Morgan fingerprint density at radius 3 is 2.62 bits per heavy atom. The van der Waals surface area contributed by atoms with Gasteiger partial charge in [0.1, 0.15) is 23.3 Å². The average Bonchev–Trinajstić information content (AvgIpc) is 3.23. The Morgan fingerprint density at radius 2 is 1.85 bits per heavy atom. The van der Waals surface area contributed by atoms with E-state index >= 15 is 0 Å². The molecular formula is C32H24FN5O. The van der Waals surface area contributed by atoms with Crippen molar-refractivity contribution in [2.45, 2.75) is 18.3 Å². The summed E-state index contributed by atoms with van der Waals surface area (Å²) >= 11 is 0. The molecule has 1 aliphatic carbocycles. The first-order valence-corrected chi connectivity index (χ1v) is 13.0. The third kappa shape index (κ3) is 3.56. The van der Waals surface area contributed by atoms with Crippen molar-refractivity contribution in [1.82, 2.24) is 19.7 Å². The number of rotatable bonds is 4. The summed E-state index contributed by atoms with van der Waals surface area (Å²) in [6.07, 6.45) is 1.85. The quantitative estimate of drug-likeness (QED) is 0.316. The van der Waals surface area contributed by atoms with E-state index in [1.54, 1.807) is 30.3 Å². The third-order valence-electron chi connectivity index (χ3n) is 8.39. The van der Waals surface area contributed by atoms with E-state index in [1.165, 1.54) is 23.3 Å². The van der Waals surface area contributed by atoms with Gasteiger partial charge in [-0.25, -0.2) is 14.1 Å². The summed E-state index contributed by atoms with van der Waals surface area (Å²) in [5.41, 5.74) is 5.70. The molecule has 1 saturated heterocycles. The van der Waals surface area contributed by atoms with Crippen LogP contribution >= 0.6 is 0 Å². The van der Waals surface area contributed by atoms with Crippen LogP contribution in [0.3, 0.4) is 0 Å². The van der Waals surface area contributed by atoms with E-state index in [2.05, 4.69) is 53.4 Å². The highest BCUT2D eigenvalue weighted by atomic mass is 19.1. The van der Waals surface area contributed by atoms with Crippen molar-refractivity contribution in [1.29, 1.82) is 5.26 Å². The fourth-order valence-electron chi connectivity index (χ4n) is 6.66. The lowest BCUT2D eigenvalue weighted by molar-refractivity contribution is 0.0763. The topological polar surface area (TPSA) is 74.8 Å². The molecule has 190 valence electrons. The van der Waals surface area contributed by atoms with Gasteiger partial charge in [0.05, 0.1) is 17.4 Å². The summed E-state index contributed by atoms with van der Waals surface area (Å²) in [6.45, 7) is 3.32. The number of nitrogens with zero attached hydrogens (tertiary/aromatic N) is 5. The Hall–Kier alpha value is -4.83. The molecule has 0 bridgehead atoms. The van der Waals surface area contributed by atoms with Crippen LogP contribution in [0.15, 0.2) is 91.1 Å². The fourth-order valence-corrected chi connectivity index (χ4v) is 6.66. The Balaban J connectivity index is 1.30. The number of carbonyl (C=O) groups excluding carboxylic acids is 1. The lowest BCUT2D eigenvalue weighted by Gasteiger charge is -2.25. The minimum Gasteiger partial charge on any atom is -0.336 e. The van der Waals surface area contributed by atoms with Crippen LogP contribution < -0.4 is 0 Å². The van der Waals surface area contributed by atoms with Gasteiger partial charge < -0.3 is 4.90 Å². The lowest BCUT2D eigenvalue weighted by Crippen LogP contribution is -2.35. The predicted octanol–water partition coefficient (Wildman–Crippen LogP) is 5.55. The molecule has 6 nitrogen and oxygen atoms in total. The summed E-state index contributed by atoms with van der Waals surface area (Å²) in [4.78, 5) is 19.6. The molecule has 1 amide bonds. The van der Waals surface area contributed by atoms with E-state index in [-0.39, 0.29) is 28.8 Å². The molecule has 3 aromatic carbocycles. The summed E-state index contributed by atoms with van der Waals surface area (Å²) in [5.74, 6) is 0.137. The van der Waals surface area contributed by atoms with Crippen molar-refractivity contribution < 1.29 is 9.18 Å². The minimum absolute atomic E-state index is 0.145. The minimum atomic E-state index is -0.283. The number of piperidine rings is 1. The van der Waals surface area contributed by atoms with Crippen LogP contribution in [-0.4, -0.2) is 38.7 Å². The van der Waals surface area contributed by atoms with Gasteiger partial charge in [-0.2, -0.15) is 10.4 Å². The van der Waals surface area contributed by atoms with Gasteiger partial charge in [0.15, 0.2) is 0 Å². The summed E-state index contributed by atoms with van der Waals surface area (Å²) in [5, 5.41) is 14.9. The first-order chi connectivity index (χ1) is 19.0. The molecule has 2 aliphatic rings. The standard InChI is InChI=1S/C32H24FN5O/c1-20-14-29-22(17-35-38(29)25-12-10-23(33)11-13-25)15-26(20)32-19-37(31(39)28-9-5-8-24(16-34)36-28)18-27(32)30(32)21-6-3-2-4-7-21/h2-15,17,27,30H,18-19H2,1H3/t27-,30-,32+/m0/s1. The molecule has 1 saturated carbocycles. The van der Waals surface area contributed by atoms with Crippen LogP contribution in [0.4, 0.5) is 4.39 Å². The van der Waals surface area contributed by atoms with Crippen molar-refractivity contribution >= 4 is 16.8 Å². The highest BCUT2D eigenvalue weighted by molar-refractivity contribution is 5.93. The van der Waals surface area contributed by atoms with Crippen LogP contribution in [0.25, 0.3) is 16.6 Å². The Labute approximate surface area is 224 Å². The highest BCUT2D eigenvalue weighted by Crippen LogP contribution is 2.69. The van der Waals surface area contributed by atoms with Crippen molar-refractivity contribution in [2.75, 3.05) is 13.1 Å². The molecule has 0 unspecified atom stereocenters. The van der Waals surface area contributed by atoms with Gasteiger partial charge in [0.2, 0.25) is 0 Å². The molecule has 2 fully saturated rings. The van der Waals surface area contributed by atoms with E-state index in [0.717, 1.165) is 22.2 Å². The molecule has 3 heterocycles. The predicted molar refractivity (Wildman–Crippen MR) is 145 cm³/mol. The molecule has 0 N–H and O–H groups in total. The molecule has 0 spiro atoms. The number of nitriles is 1.